The van der Waals surface area contributed by atoms with Gasteiger partial charge in [0.1, 0.15) is 5.75 Å². The van der Waals surface area contributed by atoms with E-state index in [0.717, 1.165) is 85.2 Å². The lowest BCUT2D eigenvalue weighted by atomic mass is 9.89. The molecule has 8 rings (SSSR count). The van der Waals surface area contributed by atoms with Crippen LogP contribution in [0.5, 0.6) is 5.75 Å². The molecule has 0 N–H and O–H groups in total. The predicted octanol–water partition coefficient (Wildman–Crippen LogP) is 8.11. The lowest BCUT2D eigenvalue weighted by Gasteiger charge is -2.41. The number of carbonyl (C=O) groups excluding carboxylic acids is 3. The fraction of sp³-hybridized carbons (Fsp3) is 0.396. The van der Waals surface area contributed by atoms with E-state index in [0.29, 0.717) is 69.2 Å². The maximum Gasteiger partial charge on any atom is 0.415 e. The van der Waals surface area contributed by atoms with Crippen molar-refractivity contribution in [3.63, 3.8) is 0 Å². The van der Waals surface area contributed by atoms with E-state index in [1.165, 1.54) is 5.56 Å². The number of carbonyl (C=O) groups is 3. The van der Waals surface area contributed by atoms with Crippen molar-refractivity contribution >= 4 is 23.4 Å². The van der Waals surface area contributed by atoms with Gasteiger partial charge in [0.15, 0.2) is 0 Å². The maximum atomic E-state index is 15.5. The first-order valence-corrected chi connectivity index (χ1v) is 21.2. The molecule has 0 saturated carbocycles. The van der Waals surface area contributed by atoms with Crippen LogP contribution in [0, 0.1) is 0 Å². The van der Waals surface area contributed by atoms with Crippen molar-refractivity contribution in [3.8, 4) is 17.0 Å². The van der Waals surface area contributed by atoms with Crippen molar-refractivity contribution < 1.29 is 23.9 Å². The second kappa shape index (κ2) is 18.0. The molecule has 5 heterocycles. The highest BCUT2D eigenvalue weighted by molar-refractivity contribution is 6.06. The SMILES string of the molecule is CCCCN(CCCC)C(=O)c1cc(-c2cc3c(cc2C(=O)N2Cc4ccccc4C[C@H]2CN2CCOCC2)CN(C(=O)Oc2ccccc2)CC3)n2ccccc12. The molecule has 1 fully saturated rings. The normalized spacial score (nSPS) is 16.8. The van der Waals surface area contributed by atoms with Gasteiger partial charge >= 0.3 is 6.09 Å². The molecule has 0 radical (unpaired) electrons. The average Bonchev–Trinajstić information content (AvgIpc) is 3.65. The Balaban J connectivity index is 1.22. The largest absolute Gasteiger partial charge is 0.415 e. The number of fused-ring (bicyclic) bond motifs is 3. The summed E-state index contributed by atoms with van der Waals surface area (Å²) < 4.78 is 13.5. The summed E-state index contributed by atoms with van der Waals surface area (Å²) in [7, 11) is 0. The number of hydrogen-bond acceptors (Lipinski definition) is 6. The Kier molecular flexibility index (Phi) is 12.2. The molecular formula is C48H55N5O5. The molecule has 1 saturated heterocycles. The number of rotatable bonds is 12. The van der Waals surface area contributed by atoms with Crippen LogP contribution in [-0.4, -0.2) is 100 Å². The van der Waals surface area contributed by atoms with E-state index in [9.17, 15) is 9.59 Å². The number of benzene rings is 3. The summed E-state index contributed by atoms with van der Waals surface area (Å²) in [6.07, 6.45) is 6.85. The molecule has 0 aliphatic carbocycles. The monoisotopic (exact) mass is 781 g/mol. The third-order valence-corrected chi connectivity index (χ3v) is 12.0. The molecule has 3 aliphatic heterocycles. The number of morpholine rings is 1. The van der Waals surface area contributed by atoms with Gasteiger partial charge in [0.05, 0.1) is 30.0 Å². The summed E-state index contributed by atoms with van der Waals surface area (Å²) in [5, 5.41) is 0. The highest BCUT2D eigenvalue weighted by Crippen LogP contribution is 2.36. The number of hydrogen-bond donors (Lipinski definition) is 0. The molecule has 3 aromatic carbocycles. The number of aromatic nitrogens is 1. The third-order valence-electron chi connectivity index (χ3n) is 12.0. The molecule has 5 aromatic rings. The standard InChI is InChI=1S/C48H55N5O5/c1-3-5-20-50(21-6-4-2)46(54)43-31-45(52-22-13-12-18-44(43)52)41-29-36-19-23-51(48(56)58-40-16-8-7-9-17-40)32-38(36)30-42(41)47(55)53-33-37-15-11-10-14-35(37)28-39(53)34-49-24-26-57-27-25-49/h7-18,22,29-31,39H,3-6,19-21,23-28,32-34H2,1-2H3/t39-/m0/s1. The molecule has 2 aromatic heterocycles. The zero-order valence-electron chi connectivity index (χ0n) is 33.9. The Hall–Kier alpha value is -5.45. The van der Waals surface area contributed by atoms with E-state index in [2.05, 4.69) is 52.3 Å². The van der Waals surface area contributed by atoms with Crippen LogP contribution in [-0.2, 0) is 30.7 Å². The first-order chi connectivity index (χ1) is 28.4. The van der Waals surface area contributed by atoms with Crippen LogP contribution in [0.1, 0.15) is 82.5 Å². The van der Waals surface area contributed by atoms with E-state index in [4.69, 9.17) is 9.47 Å². The van der Waals surface area contributed by atoms with Gasteiger partial charge in [-0.25, -0.2) is 4.79 Å². The van der Waals surface area contributed by atoms with Gasteiger partial charge < -0.3 is 28.6 Å². The second-order valence-corrected chi connectivity index (χ2v) is 15.9. The Morgan fingerprint density at radius 1 is 0.759 bits per heavy atom. The summed E-state index contributed by atoms with van der Waals surface area (Å²) in [6.45, 7) is 10.8. The summed E-state index contributed by atoms with van der Waals surface area (Å²) >= 11 is 0. The minimum atomic E-state index is -0.413. The van der Waals surface area contributed by atoms with Gasteiger partial charge in [0.25, 0.3) is 11.8 Å². The summed E-state index contributed by atoms with van der Waals surface area (Å²) in [5.74, 6) is 0.462. The van der Waals surface area contributed by atoms with E-state index in [-0.39, 0.29) is 17.9 Å². The Bertz CT molecular complexity index is 2240. The van der Waals surface area contributed by atoms with Crippen molar-refractivity contribution in [3.05, 3.63) is 131 Å². The van der Waals surface area contributed by atoms with Gasteiger partial charge in [-0.2, -0.15) is 0 Å². The average molecular weight is 782 g/mol. The maximum absolute atomic E-state index is 15.5. The van der Waals surface area contributed by atoms with Crippen LogP contribution in [0.3, 0.4) is 0 Å². The molecule has 0 unspecified atom stereocenters. The Labute approximate surface area is 341 Å². The van der Waals surface area contributed by atoms with E-state index < -0.39 is 6.09 Å². The van der Waals surface area contributed by atoms with E-state index in [1.807, 2.05) is 65.7 Å². The minimum Gasteiger partial charge on any atom is -0.410 e. The van der Waals surface area contributed by atoms with Crippen LogP contribution in [0.2, 0.25) is 0 Å². The van der Waals surface area contributed by atoms with Crippen molar-refractivity contribution in [1.82, 2.24) is 24.0 Å². The quantitative estimate of drug-likeness (QED) is 0.127. The molecule has 10 heteroatoms. The minimum absolute atomic E-state index is 0.0217. The van der Waals surface area contributed by atoms with Gasteiger partial charge in [-0.15, -0.1) is 0 Å². The van der Waals surface area contributed by atoms with Crippen LogP contribution >= 0.6 is 0 Å². The van der Waals surface area contributed by atoms with Crippen LogP contribution in [0.25, 0.3) is 16.8 Å². The molecule has 58 heavy (non-hydrogen) atoms. The second-order valence-electron chi connectivity index (χ2n) is 15.9. The molecule has 3 amide bonds. The number of para-hydroxylation sites is 1. The van der Waals surface area contributed by atoms with Crippen LogP contribution in [0.15, 0.2) is 97.2 Å². The van der Waals surface area contributed by atoms with Gasteiger partial charge in [-0.1, -0.05) is 75.2 Å². The summed E-state index contributed by atoms with van der Waals surface area (Å²) in [5.41, 5.74) is 8.08. The number of amides is 3. The van der Waals surface area contributed by atoms with Crippen LogP contribution < -0.4 is 4.74 Å². The number of unbranched alkanes of at least 4 members (excludes halogenated alkanes) is 2. The number of nitrogens with zero attached hydrogens (tertiary/aromatic N) is 5. The van der Waals surface area contributed by atoms with Gasteiger partial charge in [-0.05, 0) is 90.4 Å². The van der Waals surface area contributed by atoms with Crippen LogP contribution in [0.4, 0.5) is 4.79 Å². The Morgan fingerprint density at radius 3 is 2.24 bits per heavy atom. The van der Waals surface area contributed by atoms with Crippen molar-refractivity contribution in [2.24, 2.45) is 0 Å². The Morgan fingerprint density at radius 2 is 1.48 bits per heavy atom. The molecular weight excluding hydrogens is 727 g/mol. The first kappa shape index (κ1) is 39.4. The third kappa shape index (κ3) is 8.40. The highest BCUT2D eigenvalue weighted by Gasteiger charge is 2.35. The lowest BCUT2D eigenvalue weighted by molar-refractivity contribution is 0.0193. The molecule has 1 atom stereocenters. The molecule has 0 bridgehead atoms. The van der Waals surface area contributed by atoms with Gasteiger partial charge in [-0.3, -0.25) is 14.5 Å². The fourth-order valence-electron chi connectivity index (χ4n) is 8.75. The zero-order chi connectivity index (χ0) is 40.0. The zero-order valence-corrected chi connectivity index (χ0v) is 33.9. The number of pyridine rings is 1. The van der Waals surface area contributed by atoms with Gasteiger partial charge in [0, 0.05) is 75.7 Å². The molecule has 0 spiro atoms. The molecule has 3 aliphatic rings. The lowest BCUT2D eigenvalue weighted by Crippen LogP contribution is -2.52. The smallest absolute Gasteiger partial charge is 0.410 e. The van der Waals surface area contributed by atoms with Crippen molar-refractivity contribution in [1.29, 1.82) is 0 Å². The molecule has 10 nitrogen and oxygen atoms in total. The first-order valence-electron chi connectivity index (χ1n) is 21.2. The summed E-state index contributed by atoms with van der Waals surface area (Å²) in [6, 6.07) is 29.6. The molecule has 302 valence electrons. The summed E-state index contributed by atoms with van der Waals surface area (Å²) in [4.78, 5) is 51.6. The predicted molar refractivity (Wildman–Crippen MR) is 226 cm³/mol. The highest BCUT2D eigenvalue weighted by atomic mass is 16.6. The topological polar surface area (TPSA) is 87.0 Å². The van der Waals surface area contributed by atoms with Gasteiger partial charge in [0.2, 0.25) is 0 Å². The van der Waals surface area contributed by atoms with Crippen molar-refractivity contribution in [2.75, 3.05) is 52.5 Å². The fourth-order valence-corrected chi connectivity index (χ4v) is 8.75. The number of ether oxygens (including phenoxy) is 2. The van der Waals surface area contributed by atoms with Crippen molar-refractivity contribution in [2.45, 2.75) is 71.5 Å². The van der Waals surface area contributed by atoms with E-state index >= 15 is 4.79 Å². The van der Waals surface area contributed by atoms with E-state index in [1.54, 1.807) is 17.0 Å².